The van der Waals surface area contributed by atoms with Crippen molar-refractivity contribution in [2.45, 2.75) is 13.5 Å². The number of benzene rings is 2. The molecule has 0 spiro atoms. The molecule has 7 heteroatoms. The van der Waals surface area contributed by atoms with Gasteiger partial charge in [0.1, 0.15) is 11.4 Å². The van der Waals surface area contributed by atoms with Crippen LogP contribution in [0.5, 0.6) is 11.5 Å². The van der Waals surface area contributed by atoms with Gasteiger partial charge in [-0.1, -0.05) is 35.9 Å². The Bertz CT molecular complexity index is 1080. The SMILES string of the molecule is Cc1cccc(CNC(=O)c2cccc(C(=O)Nc3ccc4c(c3)OCO4)n2)c1. The number of aromatic nitrogens is 1. The number of carbonyl (C=O) groups is 2. The minimum Gasteiger partial charge on any atom is -0.454 e. The fraction of sp³-hybridized carbons (Fsp3) is 0.136. The summed E-state index contributed by atoms with van der Waals surface area (Å²) in [6.07, 6.45) is 0. The lowest BCUT2D eigenvalue weighted by Gasteiger charge is -2.08. The Morgan fingerprint density at radius 3 is 2.52 bits per heavy atom. The maximum Gasteiger partial charge on any atom is 0.274 e. The van der Waals surface area contributed by atoms with Crippen molar-refractivity contribution in [2.75, 3.05) is 12.1 Å². The van der Waals surface area contributed by atoms with Crippen molar-refractivity contribution in [2.24, 2.45) is 0 Å². The van der Waals surface area contributed by atoms with Crippen LogP contribution in [0.15, 0.2) is 60.7 Å². The molecule has 0 aliphatic carbocycles. The number of pyridine rings is 1. The van der Waals surface area contributed by atoms with Gasteiger partial charge in [0, 0.05) is 18.3 Å². The summed E-state index contributed by atoms with van der Waals surface area (Å²) >= 11 is 0. The average Bonchev–Trinajstić information content (AvgIpc) is 3.20. The van der Waals surface area contributed by atoms with Gasteiger partial charge in [0.25, 0.3) is 11.8 Å². The number of hydrogen-bond acceptors (Lipinski definition) is 5. The predicted octanol–water partition coefficient (Wildman–Crippen LogP) is 3.30. The van der Waals surface area contributed by atoms with Crippen molar-refractivity contribution in [3.05, 3.63) is 83.2 Å². The van der Waals surface area contributed by atoms with Crippen LogP contribution in [0.1, 0.15) is 32.1 Å². The lowest BCUT2D eigenvalue weighted by Crippen LogP contribution is -2.25. The molecule has 1 aromatic heterocycles. The highest BCUT2D eigenvalue weighted by Gasteiger charge is 2.16. The molecule has 0 unspecified atom stereocenters. The van der Waals surface area contributed by atoms with Gasteiger partial charge >= 0.3 is 0 Å². The number of anilines is 1. The summed E-state index contributed by atoms with van der Waals surface area (Å²) in [6.45, 7) is 2.54. The largest absolute Gasteiger partial charge is 0.454 e. The van der Waals surface area contributed by atoms with E-state index < -0.39 is 5.91 Å². The molecule has 2 N–H and O–H groups in total. The van der Waals surface area contributed by atoms with Crippen LogP contribution in [0.25, 0.3) is 0 Å². The molecule has 0 saturated heterocycles. The number of ether oxygens (including phenoxy) is 2. The number of nitrogens with one attached hydrogen (secondary N) is 2. The second kappa shape index (κ2) is 8.02. The number of nitrogens with zero attached hydrogens (tertiary/aromatic N) is 1. The molecule has 2 amide bonds. The zero-order chi connectivity index (χ0) is 20.2. The maximum atomic E-state index is 12.5. The molecule has 0 fully saturated rings. The standard InChI is InChI=1S/C22H19N3O4/c1-14-4-2-5-15(10-14)12-23-21(26)17-6-3-7-18(25-17)22(27)24-16-8-9-19-20(11-16)29-13-28-19/h2-11H,12-13H2,1H3,(H,23,26)(H,24,27). The van der Waals surface area contributed by atoms with Crippen molar-refractivity contribution in [3.8, 4) is 11.5 Å². The molecule has 1 aliphatic rings. The van der Waals surface area contributed by atoms with Gasteiger partial charge in [-0.15, -0.1) is 0 Å². The molecule has 7 nitrogen and oxygen atoms in total. The van der Waals surface area contributed by atoms with E-state index in [4.69, 9.17) is 9.47 Å². The third-order valence-electron chi connectivity index (χ3n) is 4.38. The van der Waals surface area contributed by atoms with E-state index in [1.807, 2.05) is 31.2 Å². The summed E-state index contributed by atoms with van der Waals surface area (Å²) in [5.74, 6) is 0.440. The number of rotatable bonds is 5. The van der Waals surface area contributed by atoms with Crippen LogP contribution < -0.4 is 20.1 Å². The van der Waals surface area contributed by atoms with E-state index >= 15 is 0 Å². The first kappa shape index (κ1) is 18.5. The summed E-state index contributed by atoms with van der Waals surface area (Å²) < 4.78 is 10.6. The predicted molar refractivity (Wildman–Crippen MR) is 107 cm³/mol. The Hall–Kier alpha value is -3.87. The second-order valence-electron chi connectivity index (χ2n) is 6.60. The summed E-state index contributed by atoms with van der Waals surface area (Å²) in [5.41, 5.74) is 2.99. The van der Waals surface area contributed by atoms with E-state index in [0.29, 0.717) is 23.7 Å². The quantitative estimate of drug-likeness (QED) is 0.699. The minimum absolute atomic E-state index is 0.144. The van der Waals surface area contributed by atoms with E-state index in [0.717, 1.165) is 11.1 Å². The van der Waals surface area contributed by atoms with Crippen LogP contribution in [-0.4, -0.2) is 23.6 Å². The van der Waals surface area contributed by atoms with E-state index in [-0.39, 0.29) is 24.1 Å². The van der Waals surface area contributed by atoms with Gasteiger partial charge in [0.05, 0.1) is 0 Å². The zero-order valence-electron chi connectivity index (χ0n) is 15.8. The average molecular weight is 389 g/mol. The molecule has 0 saturated carbocycles. The molecule has 1 aliphatic heterocycles. The summed E-state index contributed by atoms with van der Waals surface area (Å²) in [4.78, 5) is 29.1. The van der Waals surface area contributed by atoms with Crippen LogP contribution in [0.3, 0.4) is 0 Å². The monoisotopic (exact) mass is 389 g/mol. The summed E-state index contributed by atoms with van der Waals surface area (Å²) in [7, 11) is 0. The Morgan fingerprint density at radius 1 is 0.931 bits per heavy atom. The number of fused-ring (bicyclic) bond motifs is 1. The lowest BCUT2D eigenvalue weighted by atomic mass is 10.1. The van der Waals surface area contributed by atoms with E-state index in [9.17, 15) is 9.59 Å². The Labute approximate surface area is 167 Å². The molecule has 0 radical (unpaired) electrons. The molecule has 3 aromatic rings. The fourth-order valence-corrected chi connectivity index (χ4v) is 2.95. The van der Waals surface area contributed by atoms with Crippen molar-refractivity contribution in [1.29, 1.82) is 0 Å². The first-order valence-electron chi connectivity index (χ1n) is 9.10. The van der Waals surface area contributed by atoms with Gasteiger partial charge in [-0.25, -0.2) is 4.98 Å². The fourth-order valence-electron chi connectivity index (χ4n) is 2.95. The maximum absolute atomic E-state index is 12.5. The molecule has 0 atom stereocenters. The van der Waals surface area contributed by atoms with Gasteiger partial charge < -0.3 is 20.1 Å². The van der Waals surface area contributed by atoms with Gasteiger partial charge in [-0.3, -0.25) is 9.59 Å². The minimum atomic E-state index is -0.419. The second-order valence-corrected chi connectivity index (χ2v) is 6.60. The van der Waals surface area contributed by atoms with Crippen LogP contribution in [-0.2, 0) is 6.54 Å². The molecule has 29 heavy (non-hydrogen) atoms. The third kappa shape index (κ3) is 4.35. The smallest absolute Gasteiger partial charge is 0.274 e. The first-order chi connectivity index (χ1) is 14.1. The number of hydrogen-bond donors (Lipinski definition) is 2. The molecular weight excluding hydrogens is 370 g/mol. The van der Waals surface area contributed by atoms with Crippen molar-refractivity contribution in [1.82, 2.24) is 10.3 Å². The molecule has 146 valence electrons. The highest BCUT2D eigenvalue weighted by molar-refractivity contribution is 6.04. The van der Waals surface area contributed by atoms with Gasteiger partial charge in [0.15, 0.2) is 11.5 Å². The van der Waals surface area contributed by atoms with Crippen LogP contribution in [0.2, 0.25) is 0 Å². The molecule has 4 rings (SSSR count). The van der Waals surface area contributed by atoms with Crippen molar-refractivity contribution in [3.63, 3.8) is 0 Å². The molecule has 2 heterocycles. The lowest BCUT2D eigenvalue weighted by molar-refractivity contribution is 0.0945. The highest BCUT2D eigenvalue weighted by atomic mass is 16.7. The number of carbonyl (C=O) groups excluding carboxylic acids is 2. The number of amides is 2. The summed E-state index contributed by atoms with van der Waals surface area (Å²) in [6, 6.07) is 17.7. The first-order valence-corrected chi connectivity index (χ1v) is 9.10. The van der Waals surface area contributed by atoms with E-state index in [1.54, 1.807) is 36.4 Å². The normalized spacial score (nSPS) is 11.8. The Morgan fingerprint density at radius 2 is 1.69 bits per heavy atom. The summed E-state index contributed by atoms with van der Waals surface area (Å²) in [5, 5.41) is 5.57. The highest BCUT2D eigenvalue weighted by Crippen LogP contribution is 2.34. The Kier molecular flexibility index (Phi) is 5.11. The molecule has 2 aromatic carbocycles. The van der Waals surface area contributed by atoms with Gasteiger partial charge in [-0.2, -0.15) is 0 Å². The Balaban J connectivity index is 1.42. The van der Waals surface area contributed by atoms with Crippen LogP contribution >= 0.6 is 0 Å². The van der Waals surface area contributed by atoms with Crippen LogP contribution in [0, 0.1) is 6.92 Å². The zero-order valence-corrected chi connectivity index (χ0v) is 15.8. The number of aryl methyl sites for hydroxylation is 1. The van der Waals surface area contributed by atoms with Crippen molar-refractivity contribution < 1.29 is 19.1 Å². The van der Waals surface area contributed by atoms with Gasteiger partial charge in [0.2, 0.25) is 6.79 Å². The topological polar surface area (TPSA) is 89.6 Å². The van der Waals surface area contributed by atoms with Gasteiger partial charge in [-0.05, 0) is 36.8 Å². The van der Waals surface area contributed by atoms with E-state index in [2.05, 4.69) is 15.6 Å². The van der Waals surface area contributed by atoms with E-state index in [1.165, 1.54) is 0 Å². The van der Waals surface area contributed by atoms with Crippen molar-refractivity contribution >= 4 is 17.5 Å². The third-order valence-corrected chi connectivity index (χ3v) is 4.38. The molecular formula is C22H19N3O4. The van der Waals surface area contributed by atoms with Crippen LogP contribution in [0.4, 0.5) is 5.69 Å². The molecule has 0 bridgehead atoms.